The predicted octanol–water partition coefficient (Wildman–Crippen LogP) is 0.175. The third-order valence-electron chi connectivity index (χ3n) is 6.04. The first kappa shape index (κ1) is 27.4. The number of imidazole rings is 1. The second-order valence-electron chi connectivity index (χ2n) is 8.59. The average molecular weight is 608 g/mol. The number of oxime groups is 1. The Balaban J connectivity index is 1.38. The lowest BCUT2D eigenvalue weighted by atomic mass is 10.0. The number of anilines is 1. The SMILES string of the molecule is C[C@H](ON=C(C(=O)NC1C(=O)N2C(C(=O)O)=C(C[n+]3cccc4[nH]cnc43)CSC12)c1nc(N)sc1Cl)C(=O)O. The van der Waals surface area contributed by atoms with Gasteiger partial charge in [0.25, 0.3) is 11.8 Å². The van der Waals surface area contributed by atoms with Crippen molar-refractivity contribution in [1.82, 2.24) is 25.2 Å². The summed E-state index contributed by atoms with van der Waals surface area (Å²) in [6, 6.07) is 2.53. The molecule has 40 heavy (non-hydrogen) atoms. The Hall–Kier alpha value is -4.22. The second kappa shape index (κ2) is 10.7. The smallest absolute Gasteiger partial charge is 0.352 e. The summed E-state index contributed by atoms with van der Waals surface area (Å²) in [6.07, 6.45) is 1.89. The summed E-state index contributed by atoms with van der Waals surface area (Å²) in [5, 5.41) is 24.5. The van der Waals surface area contributed by atoms with Crippen molar-refractivity contribution in [3.05, 3.63) is 46.0 Å². The number of hydrogen-bond acceptors (Lipinski definition) is 11. The molecule has 0 aromatic carbocycles. The summed E-state index contributed by atoms with van der Waals surface area (Å²) in [4.78, 5) is 67.1. The molecular weight excluding hydrogens is 588 g/mol. The Morgan fingerprint density at radius 1 is 1.43 bits per heavy atom. The number of carboxylic acid groups (broad SMARTS) is 2. The molecular formula is C22H20ClN8O7S2+. The number of nitrogens with one attached hydrogen (secondary N) is 2. The summed E-state index contributed by atoms with van der Waals surface area (Å²) < 4.78 is 1.77. The van der Waals surface area contributed by atoms with Crippen molar-refractivity contribution in [3.8, 4) is 0 Å². The van der Waals surface area contributed by atoms with Gasteiger partial charge in [0.2, 0.25) is 12.4 Å². The molecule has 1 fully saturated rings. The molecule has 2 aliphatic heterocycles. The highest BCUT2D eigenvalue weighted by atomic mass is 35.5. The van der Waals surface area contributed by atoms with E-state index >= 15 is 0 Å². The Labute approximate surface area is 237 Å². The Morgan fingerprint density at radius 2 is 2.20 bits per heavy atom. The first-order valence-electron chi connectivity index (χ1n) is 11.5. The van der Waals surface area contributed by atoms with Gasteiger partial charge in [-0.2, -0.15) is 0 Å². The number of halogens is 1. The molecule has 3 aromatic rings. The number of carbonyl (C=O) groups is 4. The summed E-state index contributed by atoms with van der Waals surface area (Å²) in [5.41, 5.74) is 6.75. The van der Waals surface area contributed by atoms with Gasteiger partial charge in [-0.25, -0.2) is 19.1 Å². The molecule has 0 spiro atoms. The fourth-order valence-corrected chi connectivity index (χ4v) is 6.41. The molecule has 208 valence electrons. The summed E-state index contributed by atoms with van der Waals surface area (Å²) in [5.74, 6) is -3.93. The number of rotatable bonds is 9. The zero-order chi connectivity index (χ0) is 28.7. The van der Waals surface area contributed by atoms with Crippen molar-refractivity contribution in [2.24, 2.45) is 5.16 Å². The minimum absolute atomic E-state index is 0.00301. The van der Waals surface area contributed by atoms with Crippen LogP contribution in [0.4, 0.5) is 5.13 Å². The summed E-state index contributed by atoms with van der Waals surface area (Å²) >= 11 is 8.27. The number of aromatic nitrogens is 4. The number of thioether (sulfide) groups is 1. The summed E-state index contributed by atoms with van der Waals surface area (Å²) in [6.45, 7) is 1.39. The van der Waals surface area contributed by atoms with Gasteiger partial charge in [0.05, 0.1) is 6.20 Å². The molecule has 2 amide bonds. The van der Waals surface area contributed by atoms with Crippen LogP contribution in [-0.4, -0.2) is 82.8 Å². The number of nitrogens with two attached hydrogens (primary N) is 1. The normalized spacial score (nSPS) is 19.7. The van der Waals surface area contributed by atoms with Crippen LogP contribution in [0.2, 0.25) is 4.34 Å². The molecule has 0 aliphatic carbocycles. The van der Waals surface area contributed by atoms with Gasteiger partial charge in [0.15, 0.2) is 10.8 Å². The van der Waals surface area contributed by atoms with Crippen LogP contribution in [0.3, 0.4) is 0 Å². The molecule has 6 N–H and O–H groups in total. The van der Waals surface area contributed by atoms with Gasteiger partial charge < -0.3 is 31.1 Å². The number of H-pyrrole nitrogens is 1. The topological polar surface area (TPSA) is 217 Å². The minimum atomic E-state index is -1.40. The van der Waals surface area contributed by atoms with E-state index < -0.39 is 47.0 Å². The van der Waals surface area contributed by atoms with Crippen LogP contribution in [0.25, 0.3) is 11.2 Å². The van der Waals surface area contributed by atoms with Crippen molar-refractivity contribution >= 4 is 80.5 Å². The number of nitrogen functional groups attached to an aromatic ring is 1. The monoisotopic (exact) mass is 607 g/mol. The van der Waals surface area contributed by atoms with Crippen molar-refractivity contribution in [2.75, 3.05) is 11.5 Å². The zero-order valence-corrected chi connectivity index (χ0v) is 22.8. The van der Waals surface area contributed by atoms with Crippen molar-refractivity contribution in [1.29, 1.82) is 0 Å². The van der Waals surface area contributed by atoms with E-state index in [0.29, 0.717) is 11.2 Å². The van der Waals surface area contributed by atoms with Crippen LogP contribution in [0.1, 0.15) is 12.6 Å². The lowest BCUT2D eigenvalue weighted by Gasteiger charge is -2.49. The number of fused-ring (bicyclic) bond motifs is 2. The number of thiazole rings is 1. The predicted molar refractivity (Wildman–Crippen MR) is 142 cm³/mol. The number of β-lactam (4-membered cyclic amide) rings is 1. The molecule has 5 rings (SSSR count). The number of pyridine rings is 1. The number of hydrogen-bond donors (Lipinski definition) is 5. The fourth-order valence-electron chi connectivity index (χ4n) is 4.14. The largest absolute Gasteiger partial charge is 0.478 e. The van der Waals surface area contributed by atoms with E-state index in [1.807, 2.05) is 6.07 Å². The maximum atomic E-state index is 13.2. The Bertz CT molecular complexity index is 1620. The number of carboxylic acids is 2. The first-order valence-corrected chi connectivity index (χ1v) is 13.7. The lowest BCUT2D eigenvalue weighted by Crippen LogP contribution is -2.71. The van der Waals surface area contributed by atoms with Gasteiger partial charge in [0, 0.05) is 11.3 Å². The van der Waals surface area contributed by atoms with Crippen molar-refractivity contribution in [3.63, 3.8) is 0 Å². The lowest BCUT2D eigenvalue weighted by molar-refractivity contribution is -0.664. The van der Waals surface area contributed by atoms with E-state index in [1.165, 1.54) is 25.0 Å². The van der Waals surface area contributed by atoms with Gasteiger partial charge in [-0.1, -0.05) is 28.1 Å². The molecule has 3 aromatic heterocycles. The molecule has 0 bridgehead atoms. The molecule has 2 unspecified atom stereocenters. The van der Waals surface area contributed by atoms with Gasteiger partial charge in [-0.05, 0) is 24.0 Å². The Morgan fingerprint density at radius 3 is 2.88 bits per heavy atom. The van der Waals surface area contributed by atoms with Crippen LogP contribution >= 0.6 is 34.7 Å². The third kappa shape index (κ3) is 4.93. The standard InChI is InChI=1S/C22H19ClN8O7S2/c1-8(20(34)35)38-29-12(11-15(23)40-22(24)28-11)17(32)27-13-18(33)31-14(21(36)37)9(6-39-19(13)31)5-30-4-2-3-10-16(30)26-7-25-10/h2-4,7-8,13,19H,5-6H2,1H3,(H5,24,27,28,32,34,35,36,37)/p+1/t8-,13?,19?/m0/s1. The van der Waals surface area contributed by atoms with Gasteiger partial charge >= 0.3 is 17.6 Å². The van der Waals surface area contributed by atoms with Gasteiger partial charge in [-0.3, -0.25) is 14.5 Å². The Kier molecular flexibility index (Phi) is 7.35. The van der Waals surface area contributed by atoms with Crippen LogP contribution in [0.15, 0.2) is 41.1 Å². The van der Waals surface area contributed by atoms with Crippen LogP contribution in [-0.2, 0) is 30.6 Å². The molecule has 0 saturated carbocycles. The number of amides is 2. The minimum Gasteiger partial charge on any atom is -0.478 e. The molecule has 3 atom stereocenters. The third-order valence-corrected chi connectivity index (χ3v) is 8.46. The van der Waals surface area contributed by atoms with E-state index in [4.69, 9.17) is 27.3 Å². The highest BCUT2D eigenvalue weighted by Gasteiger charge is 2.54. The average Bonchev–Trinajstić information content (AvgIpc) is 3.53. The van der Waals surface area contributed by atoms with Crippen LogP contribution in [0.5, 0.6) is 0 Å². The van der Waals surface area contributed by atoms with E-state index in [-0.39, 0.29) is 33.2 Å². The van der Waals surface area contributed by atoms with Crippen molar-refractivity contribution < 1.29 is 38.8 Å². The van der Waals surface area contributed by atoms with Gasteiger partial charge in [0.1, 0.15) is 39.2 Å². The molecule has 15 nitrogen and oxygen atoms in total. The van der Waals surface area contributed by atoms with E-state index in [9.17, 15) is 24.3 Å². The van der Waals surface area contributed by atoms with Crippen LogP contribution in [0, 0.1) is 0 Å². The number of aliphatic carboxylic acids is 2. The zero-order valence-electron chi connectivity index (χ0n) is 20.4. The second-order valence-corrected chi connectivity index (χ2v) is 11.3. The van der Waals surface area contributed by atoms with Crippen LogP contribution < -0.4 is 15.6 Å². The fraction of sp³-hybridized carbons (Fsp3) is 0.273. The van der Waals surface area contributed by atoms with Gasteiger partial charge in [-0.15, -0.1) is 11.8 Å². The van der Waals surface area contributed by atoms with E-state index in [2.05, 4.69) is 25.4 Å². The van der Waals surface area contributed by atoms with E-state index in [0.717, 1.165) is 21.8 Å². The maximum Gasteiger partial charge on any atom is 0.352 e. The summed E-state index contributed by atoms with van der Waals surface area (Å²) in [7, 11) is 0. The number of aromatic amines is 1. The highest BCUT2D eigenvalue weighted by Crippen LogP contribution is 2.40. The molecule has 5 heterocycles. The highest BCUT2D eigenvalue weighted by molar-refractivity contribution is 8.00. The van der Waals surface area contributed by atoms with E-state index in [1.54, 1.807) is 16.8 Å². The molecule has 0 radical (unpaired) electrons. The van der Waals surface area contributed by atoms with Crippen molar-refractivity contribution in [2.45, 2.75) is 31.0 Å². The quantitative estimate of drug-likeness (QED) is 0.0955. The molecule has 18 heteroatoms. The number of carbonyl (C=O) groups excluding carboxylic acids is 2. The number of nitrogens with zero attached hydrogens (tertiary/aromatic N) is 5. The molecule has 2 aliphatic rings. The molecule has 1 saturated heterocycles. The first-order chi connectivity index (χ1) is 19.1. The maximum absolute atomic E-state index is 13.2.